The number of hydrogen-bond acceptors (Lipinski definition) is 6. The summed E-state index contributed by atoms with van der Waals surface area (Å²) in [5, 5.41) is 4.05. The second-order valence-electron chi connectivity index (χ2n) is 7.48. The van der Waals surface area contributed by atoms with Crippen molar-refractivity contribution in [2.75, 3.05) is 20.3 Å². The molecule has 0 fully saturated rings. The molecule has 4 rings (SSSR count). The lowest BCUT2D eigenvalue weighted by Gasteiger charge is -2.14. The van der Waals surface area contributed by atoms with Gasteiger partial charge < -0.3 is 14.8 Å². The molecule has 1 amide bonds. The van der Waals surface area contributed by atoms with Gasteiger partial charge in [-0.1, -0.05) is 29.3 Å². The summed E-state index contributed by atoms with van der Waals surface area (Å²) in [5.41, 5.74) is 6.05. The van der Waals surface area contributed by atoms with E-state index in [0.29, 0.717) is 46.7 Å². The van der Waals surface area contributed by atoms with Crippen LogP contribution in [0.25, 0.3) is 5.70 Å². The normalized spacial score (nSPS) is 14.8. The average Bonchev–Trinajstić information content (AvgIpc) is 3.33. The molecule has 0 aliphatic carbocycles. The highest BCUT2D eigenvalue weighted by molar-refractivity contribution is 6.35. The molecule has 2 aromatic carbocycles. The molecular weight excluding hydrogens is 477 g/mol. The molecule has 2 heterocycles. The van der Waals surface area contributed by atoms with Crippen LogP contribution in [0.3, 0.4) is 0 Å². The third kappa shape index (κ3) is 5.99. The molecule has 176 valence electrons. The van der Waals surface area contributed by atoms with Gasteiger partial charge in [0.05, 0.1) is 26.0 Å². The van der Waals surface area contributed by atoms with Gasteiger partial charge in [-0.15, -0.1) is 0 Å². The number of pyridine rings is 1. The van der Waals surface area contributed by atoms with Crippen LogP contribution < -0.4 is 20.3 Å². The molecule has 0 radical (unpaired) electrons. The summed E-state index contributed by atoms with van der Waals surface area (Å²) in [5.74, 6) is 0.758. The molecular formula is C25H23Cl2N3O4. The van der Waals surface area contributed by atoms with Gasteiger partial charge in [0, 0.05) is 40.0 Å². The lowest BCUT2D eigenvalue weighted by atomic mass is 10.1. The molecule has 1 unspecified atom stereocenters. The Kier molecular flexibility index (Phi) is 7.90. The Morgan fingerprint density at radius 1 is 1.12 bits per heavy atom. The Bertz CT molecular complexity index is 1190. The van der Waals surface area contributed by atoms with Crippen LogP contribution in [-0.4, -0.2) is 37.3 Å². The number of nitrogens with one attached hydrogen (secondary N) is 2. The summed E-state index contributed by atoms with van der Waals surface area (Å²) in [6.07, 6.45) is 5.61. The van der Waals surface area contributed by atoms with Crippen LogP contribution in [0, 0.1) is 0 Å². The van der Waals surface area contributed by atoms with E-state index in [4.69, 9.17) is 37.5 Å². The molecule has 2 N–H and O–H groups in total. The van der Waals surface area contributed by atoms with Crippen molar-refractivity contribution >= 4 is 34.8 Å². The summed E-state index contributed by atoms with van der Waals surface area (Å²) in [6.45, 7) is 0.657. The molecule has 0 spiro atoms. The van der Waals surface area contributed by atoms with E-state index >= 15 is 0 Å². The van der Waals surface area contributed by atoms with E-state index in [-0.39, 0.29) is 12.0 Å². The first kappa shape index (κ1) is 23.9. The molecule has 1 atom stereocenters. The minimum atomic E-state index is -0.301. The van der Waals surface area contributed by atoms with E-state index in [2.05, 4.69) is 15.8 Å². The average molecular weight is 500 g/mol. The van der Waals surface area contributed by atoms with Gasteiger partial charge in [-0.2, -0.15) is 0 Å². The molecule has 1 aliphatic heterocycles. The molecule has 1 aliphatic rings. The zero-order valence-electron chi connectivity index (χ0n) is 18.4. The zero-order chi connectivity index (χ0) is 23.9. The number of benzene rings is 2. The topological polar surface area (TPSA) is 81.7 Å². The minimum Gasteiger partial charge on any atom is -0.493 e. The standard InChI is InChI=1S/C25H23Cl2N3O4/c1-32-23-5-3-18(12-24(23)33-11-8-16-2-4-19(26)13-21(16)27)25(31)29-15-20-14-22(30-34-20)17-6-9-28-10-7-17/h2-7,9-10,12-14,20,30H,8,11,15H2,1H3,(H,29,31). The van der Waals surface area contributed by atoms with Crippen LogP contribution in [0.5, 0.6) is 11.5 Å². The number of halogens is 2. The predicted molar refractivity (Wildman–Crippen MR) is 131 cm³/mol. The quantitative estimate of drug-likeness (QED) is 0.444. The number of amides is 1. The van der Waals surface area contributed by atoms with Crippen molar-refractivity contribution < 1.29 is 19.1 Å². The molecule has 34 heavy (non-hydrogen) atoms. The summed E-state index contributed by atoms with van der Waals surface area (Å²) in [6, 6.07) is 14.1. The van der Waals surface area contributed by atoms with Gasteiger partial charge >= 0.3 is 0 Å². The summed E-state index contributed by atoms with van der Waals surface area (Å²) in [4.78, 5) is 22.3. The number of carbonyl (C=O) groups is 1. The maximum absolute atomic E-state index is 12.7. The Hall–Kier alpha value is -3.26. The minimum absolute atomic E-state index is 0.248. The number of methoxy groups -OCH3 is 1. The van der Waals surface area contributed by atoms with Crippen molar-refractivity contribution in [3.63, 3.8) is 0 Å². The third-order valence-electron chi connectivity index (χ3n) is 5.20. The maximum atomic E-state index is 12.7. The molecule has 3 aromatic rings. The molecule has 1 aromatic heterocycles. The van der Waals surface area contributed by atoms with E-state index in [1.807, 2.05) is 24.3 Å². The highest BCUT2D eigenvalue weighted by Gasteiger charge is 2.19. The summed E-state index contributed by atoms with van der Waals surface area (Å²) >= 11 is 12.2. The largest absolute Gasteiger partial charge is 0.493 e. The van der Waals surface area contributed by atoms with Gasteiger partial charge in [0.1, 0.15) is 6.10 Å². The Balaban J connectivity index is 1.35. The van der Waals surface area contributed by atoms with Crippen molar-refractivity contribution in [3.05, 3.63) is 93.7 Å². The first-order chi connectivity index (χ1) is 16.5. The van der Waals surface area contributed by atoms with Gasteiger partial charge in [-0.25, -0.2) is 0 Å². The van der Waals surface area contributed by atoms with Crippen LogP contribution in [0.15, 0.2) is 67.0 Å². The Morgan fingerprint density at radius 3 is 2.71 bits per heavy atom. The van der Waals surface area contributed by atoms with Crippen molar-refractivity contribution in [1.29, 1.82) is 0 Å². The zero-order valence-corrected chi connectivity index (χ0v) is 19.9. The second-order valence-corrected chi connectivity index (χ2v) is 8.33. The Labute approximate surface area is 207 Å². The van der Waals surface area contributed by atoms with E-state index in [1.54, 1.807) is 49.8 Å². The molecule has 0 saturated carbocycles. The van der Waals surface area contributed by atoms with Crippen LogP contribution in [0.4, 0.5) is 0 Å². The fourth-order valence-electron chi connectivity index (χ4n) is 3.40. The summed E-state index contributed by atoms with van der Waals surface area (Å²) < 4.78 is 11.3. The van der Waals surface area contributed by atoms with Gasteiger partial charge in [0.2, 0.25) is 0 Å². The number of aromatic nitrogens is 1. The smallest absolute Gasteiger partial charge is 0.251 e. The van der Waals surface area contributed by atoms with Crippen LogP contribution in [-0.2, 0) is 11.3 Å². The monoisotopic (exact) mass is 499 g/mol. The lowest BCUT2D eigenvalue weighted by molar-refractivity contribution is 0.0498. The predicted octanol–water partition coefficient (Wildman–Crippen LogP) is 4.69. The third-order valence-corrected chi connectivity index (χ3v) is 5.78. The van der Waals surface area contributed by atoms with E-state index in [0.717, 1.165) is 16.8 Å². The van der Waals surface area contributed by atoms with Gasteiger partial charge in [0.25, 0.3) is 5.91 Å². The van der Waals surface area contributed by atoms with Crippen LogP contribution in [0.1, 0.15) is 21.5 Å². The first-order valence-corrected chi connectivity index (χ1v) is 11.4. The van der Waals surface area contributed by atoms with E-state index in [1.165, 1.54) is 0 Å². The number of ether oxygens (including phenoxy) is 2. The number of carbonyl (C=O) groups excluding carboxylic acids is 1. The fourth-order valence-corrected chi connectivity index (χ4v) is 3.90. The maximum Gasteiger partial charge on any atom is 0.251 e. The lowest BCUT2D eigenvalue weighted by Crippen LogP contribution is -2.32. The van der Waals surface area contributed by atoms with Crippen molar-refractivity contribution in [2.24, 2.45) is 0 Å². The first-order valence-electron chi connectivity index (χ1n) is 10.6. The van der Waals surface area contributed by atoms with Crippen molar-refractivity contribution in [1.82, 2.24) is 15.8 Å². The van der Waals surface area contributed by atoms with Crippen molar-refractivity contribution in [3.8, 4) is 11.5 Å². The van der Waals surface area contributed by atoms with Gasteiger partial charge in [0.15, 0.2) is 11.5 Å². The van der Waals surface area contributed by atoms with Gasteiger partial charge in [-0.05, 0) is 54.1 Å². The molecule has 0 saturated heterocycles. The number of rotatable bonds is 9. The highest BCUT2D eigenvalue weighted by Crippen LogP contribution is 2.29. The van der Waals surface area contributed by atoms with Crippen molar-refractivity contribution in [2.45, 2.75) is 12.5 Å². The van der Waals surface area contributed by atoms with Gasteiger partial charge in [-0.3, -0.25) is 20.1 Å². The number of nitrogens with zero attached hydrogens (tertiary/aromatic N) is 1. The molecule has 9 heteroatoms. The number of hydroxylamine groups is 1. The molecule has 0 bridgehead atoms. The fraction of sp³-hybridized carbons (Fsp3) is 0.200. The Morgan fingerprint density at radius 2 is 1.94 bits per heavy atom. The highest BCUT2D eigenvalue weighted by atomic mass is 35.5. The van der Waals surface area contributed by atoms with E-state index in [9.17, 15) is 4.79 Å². The van der Waals surface area contributed by atoms with Crippen LogP contribution >= 0.6 is 23.2 Å². The number of hydrogen-bond donors (Lipinski definition) is 2. The van der Waals surface area contributed by atoms with Crippen LogP contribution in [0.2, 0.25) is 10.0 Å². The molecule has 7 nitrogen and oxygen atoms in total. The SMILES string of the molecule is COc1ccc(C(=O)NCC2C=C(c3ccncc3)NO2)cc1OCCc1ccc(Cl)cc1Cl. The van der Waals surface area contributed by atoms with E-state index < -0.39 is 0 Å². The summed E-state index contributed by atoms with van der Waals surface area (Å²) in [7, 11) is 1.55. The second kappa shape index (κ2) is 11.2.